The zero-order valence-corrected chi connectivity index (χ0v) is 16.0. The Hall–Kier alpha value is -3.52. The Labute approximate surface area is 164 Å². The fraction of sp³-hybridized carbons (Fsp3) is 0.0769. The van der Waals surface area contributed by atoms with Crippen molar-refractivity contribution in [3.8, 4) is 22.3 Å². The van der Waals surface area contributed by atoms with Crippen LogP contribution in [0.25, 0.3) is 44.1 Å². The van der Waals surface area contributed by atoms with E-state index >= 15 is 0 Å². The predicted molar refractivity (Wildman–Crippen MR) is 117 cm³/mol. The van der Waals surface area contributed by atoms with Gasteiger partial charge in [0.15, 0.2) is 0 Å². The van der Waals surface area contributed by atoms with Crippen LogP contribution in [0.1, 0.15) is 11.1 Å². The molecular formula is C26H20N2. The zero-order chi connectivity index (χ0) is 19.1. The number of pyridine rings is 2. The molecule has 0 atom stereocenters. The van der Waals surface area contributed by atoms with Crippen LogP contribution >= 0.6 is 0 Å². The molecule has 3 aromatic carbocycles. The minimum absolute atomic E-state index is 0.948. The molecule has 0 saturated carbocycles. The molecule has 0 unspecified atom stereocenters. The van der Waals surface area contributed by atoms with Crippen LogP contribution in [0.5, 0.6) is 0 Å². The van der Waals surface area contributed by atoms with Gasteiger partial charge in [0.25, 0.3) is 0 Å². The molecule has 0 bridgehead atoms. The smallest absolute Gasteiger partial charge is 0.0965 e. The highest BCUT2D eigenvalue weighted by molar-refractivity contribution is 6.04. The van der Waals surface area contributed by atoms with Crippen LogP contribution in [0.4, 0.5) is 0 Å². The second-order valence-electron chi connectivity index (χ2n) is 7.39. The molecule has 0 spiro atoms. The van der Waals surface area contributed by atoms with Crippen LogP contribution in [-0.2, 0) is 0 Å². The highest BCUT2D eigenvalue weighted by Gasteiger charge is 2.08. The van der Waals surface area contributed by atoms with Crippen molar-refractivity contribution in [3.05, 3.63) is 96.3 Å². The number of hydrogen-bond donors (Lipinski definition) is 0. The van der Waals surface area contributed by atoms with Gasteiger partial charge in [0.05, 0.1) is 11.0 Å². The Kier molecular flexibility index (Phi) is 3.91. The third-order valence-electron chi connectivity index (χ3n) is 5.27. The van der Waals surface area contributed by atoms with E-state index in [1.165, 1.54) is 22.3 Å². The van der Waals surface area contributed by atoms with Gasteiger partial charge in [0.1, 0.15) is 0 Å². The van der Waals surface area contributed by atoms with Crippen LogP contribution in [0.3, 0.4) is 0 Å². The van der Waals surface area contributed by atoms with E-state index in [4.69, 9.17) is 9.97 Å². The van der Waals surface area contributed by atoms with Gasteiger partial charge in [-0.3, -0.25) is 9.97 Å². The minimum Gasteiger partial charge on any atom is -0.253 e. The molecule has 0 aliphatic heterocycles. The third kappa shape index (κ3) is 2.93. The number of fused-ring (bicyclic) bond motifs is 3. The Bertz CT molecular complexity index is 1200. The molecule has 2 aromatic heterocycles. The van der Waals surface area contributed by atoms with Crippen molar-refractivity contribution >= 4 is 21.8 Å². The molecule has 134 valence electrons. The maximum Gasteiger partial charge on any atom is 0.0965 e. The maximum atomic E-state index is 4.76. The van der Waals surface area contributed by atoms with Gasteiger partial charge in [-0.25, -0.2) is 0 Å². The average molecular weight is 360 g/mol. The summed E-state index contributed by atoms with van der Waals surface area (Å²) in [5.74, 6) is 0. The van der Waals surface area contributed by atoms with E-state index in [2.05, 4.69) is 86.6 Å². The second-order valence-corrected chi connectivity index (χ2v) is 7.39. The molecule has 2 heteroatoms. The van der Waals surface area contributed by atoms with Crippen molar-refractivity contribution in [2.45, 2.75) is 13.8 Å². The molecule has 0 N–H and O–H groups in total. The van der Waals surface area contributed by atoms with Crippen molar-refractivity contribution in [1.29, 1.82) is 0 Å². The Balaban J connectivity index is 1.61. The monoisotopic (exact) mass is 360 g/mol. The lowest BCUT2D eigenvalue weighted by Gasteiger charge is -2.08. The molecule has 5 rings (SSSR count). The summed E-state index contributed by atoms with van der Waals surface area (Å²) in [6.45, 7) is 4.20. The molecule has 28 heavy (non-hydrogen) atoms. The van der Waals surface area contributed by atoms with E-state index in [1.54, 1.807) is 0 Å². The van der Waals surface area contributed by atoms with Crippen molar-refractivity contribution in [3.63, 3.8) is 0 Å². The third-order valence-corrected chi connectivity index (χ3v) is 5.27. The van der Waals surface area contributed by atoms with Gasteiger partial charge in [0, 0.05) is 34.3 Å². The van der Waals surface area contributed by atoms with E-state index in [0.29, 0.717) is 0 Å². The van der Waals surface area contributed by atoms with Gasteiger partial charge >= 0.3 is 0 Å². The molecule has 2 nitrogen and oxygen atoms in total. The zero-order valence-electron chi connectivity index (χ0n) is 16.0. The minimum atomic E-state index is 0.948. The van der Waals surface area contributed by atoms with Crippen molar-refractivity contribution in [2.75, 3.05) is 0 Å². The van der Waals surface area contributed by atoms with Crippen LogP contribution < -0.4 is 0 Å². The van der Waals surface area contributed by atoms with E-state index in [9.17, 15) is 0 Å². The van der Waals surface area contributed by atoms with Crippen molar-refractivity contribution in [2.24, 2.45) is 0 Å². The molecular weight excluding hydrogens is 340 g/mol. The molecule has 0 fully saturated rings. The molecule has 0 radical (unpaired) electrons. The summed E-state index contributed by atoms with van der Waals surface area (Å²) in [6.07, 6.45) is 3.89. The quantitative estimate of drug-likeness (QED) is 0.326. The summed E-state index contributed by atoms with van der Waals surface area (Å²) >= 11 is 0. The summed E-state index contributed by atoms with van der Waals surface area (Å²) < 4.78 is 0. The molecule has 0 aliphatic rings. The summed E-state index contributed by atoms with van der Waals surface area (Å²) in [7, 11) is 0. The first-order chi connectivity index (χ1) is 13.7. The van der Waals surface area contributed by atoms with Crippen LogP contribution in [0.2, 0.25) is 0 Å². The number of nitrogens with zero attached hydrogens (tertiary/aromatic N) is 2. The van der Waals surface area contributed by atoms with Gasteiger partial charge in [-0.05, 0) is 37.1 Å². The SMILES string of the molecule is Cc1ccc(-c2cnc3c(ccc4cc(-c5ccc(C)cc5)cnc43)c2)cc1. The van der Waals surface area contributed by atoms with Gasteiger partial charge in [0.2, 0.25) is 0 Å². The van der Waals surface area contributed by atoms with Crippen molar-refractivity contribution in [1.82, 2.24) is 9.97 Å². The lowest BCUT2D eigenvalue weighted by molar-refractivity contribution is 1.37. The van der Waals surface area contributed by atoms with E-state index in [-0.39, 0.29) is 0 Å². The molecule has 0 saturated heterocycles. The Morgan fingerprint density at radius 1 is 0.464 bits per heavy atom. The highest BCUT2D eigenvalue weighted by Crippen LogP contribution is 2.29. The highest BCUT2D eigenvalue weighted by atomic mass is 14.7. The van der Waals surface area contributed by atoms with E-state index < -0.39 is 0 Å². The normalized spacial score (nSPS) is 11.2. The number of aromatic nitrogens is 2. The largest absolute Gasteiger partial charge is 0.253 e. The molecule has 0 amide bonds. The fourth-order valence-corrected chi connectivity index (χ4v) is 3.60. The fourth-order valence-electron chi connectivity index (χ4n) is 3.60. The Morgan fingerprint density at radius 2 is 0.857 bits per heavy atom. The Morgan fingerprint density at radius 3 is 1.25 bits per heavy atom. The summed E-state index contributed by atoms with van der Waals surface area (Å²) in [6, 6.07) is 25.8. The first-order valence-corrected chi connectivity index (χ1v) is 9.50. The summed E-state index contributed by atoms with van der Waals surface area (Å²) in [4.78, 5) is 9.52. The van der Waals surface area contributed by atoms with Crippen LogP contribution in [-0.4, -0.2) is 9.97 Å². The second kappa shape index (κ2) is 6.58. The van der Waals surface area contributed by atoms with Gasteiger partial charge in [-0.15, -0.1) is 0 Å². The maximum absolute atomic E-state index is 4.76. The first-order valence-electron chi connectivity index (χ1n) is 9.50. The number of benzene rings is 3. The van der Waals surface area contributed by atoms with Gasteiger partial charge in [-0.1, -0.05) is 71.8 Å². The van der Waals surface area contributed by atoms with Gasteiger partial charge < -0.3 is 0 Å². The summed E-state index contributed by atoms with van der Waals surface area (Å²) in [5, 5.41) is 2.22. The van der Waals surface area contributed by atoms with E-state index in [1.807, 2.05) is 12.4 Å². The van der Waals surface area contributed by atoms with Gasteiger partial charge in [-0.2, -0.15) is 0 Å². The topological polar surface area (TPSA) is 25.8 Å². The lowest BCUT2D eigenvalue weighted by Crippen LogP contribution is -1.89. The predicted octanol–water partition coefficient (Wildman–Crippen LogP) is 6.73. The van der Waals surface area contributed by atoms with Crippen LogP contribution in [0.15, 0.2) is 85.2 Å². The number of hydrogen-bond acceptors (Lipinski definition) is 2. The average Bonchev–Trinajstić information content (AvgIpc) is 2.74. The standard InChI is InChI=1S/C26H20N2/c1-17-3-7-19(8-4-17)23-13-21-11-12-22-14-24(20-9-5-18(2)6-10-20)16-28-26(22)25(21)27-15-23/h3-16H,1-2H3. The lowest BCUT2D eigenvalue weighted by atomic mass is 10.0. The number of aryl methyl sites for hydroxylation is 2. The number of rotatable bonds is 2. The molecule has 5 aromatic rings. The van der Waals surface area contributed by atoms with Crippen LogP contribution in [0, 0.1) is 13.8 Å². The molecule has 0 aliphatic carbocycles. The first kappa shape index (κ1) is 16.6. The molecule has 2 heterocycles. The van der Waals surface area contributed by atoms with Crippen molar-refractivity contribution < 1.29 is 0 Å². The summed E-state index contributed by atoms with van der Waals surface area (Å²) in [5.41, 5.74) is 9.04. The van der Waals surface area contributed by atoms with E-state index in [0.717, 1.165) is 32.9 Å².